The van der Waals surface area contributed by atoms with Crippen LogP contribution < -0.4 is 10.9 Å². The molecular weight excluding hydrogens is 318 g/mol. The highest BCUT2D eigenvalue weighted by Crippen LogP contribution is 2.10. The van der Waals surface area contributed by atoms with E-state index in [1.807, 2.05) is 0 Å². The standard InChI is InChI=1S/C15H15N3O4S/c1-11-10-13(15(20)18-17-11)14(19)16-8-5-9-23(21,22)12-6-3-2-4-7-12/h2-7,9-10H,8H2,1H3,(H,16,19)(H,18,20)/b9-5+. The molecule has 0 saturated carbocycles. The fourth-order valence-corrected chi connectivity index (χ4v) is 2.83. The van der Waals surface area contributed by atoms with Crippen LogP contribution in [0.25, 0.3) is 0 Å². The van der Waals surface area contributed by atoms with Gasteiger partial charge < -0.3 is 5.32 Å². The quantitative estimate of drug-likeness (QED) is 0.841. The van der Waals surface area contributed by atoms with E-state index in [-0.39, 0.29) is 17.0 Å². The molecule has 7 nitrogen and oxygen atoms in total. The van der Waals surface area contributed by atoms with Crippen molar-refractivity contribution < 1.29 is 13.2 Å². The van der Waals surface area contributed by atoms with Crippen molar-refractivity contribution in [2.75, 3.05) is 6.54 Å². The first-order valence-corrected chi connectivity index (χ1v) is 8.26. The molecule has 0 saturated heterocycles. The van der Waals surface area contributed by atoms with Crippen LogP contribution in [0.4, 0.5) is 0 Å². The molecule has 120 valence electrons. The number of carbonyl (C=O) groups is 1. The van der Waals surface area contributed by atoms with Crippen molar-refractivity contribution in [2.45, 2.75) is 11.8 Å². The molecule has 1 aromatic carbocycles. The molecule has 0 aliphatic carbocycles. The van der Waals surface area contributed by atoms with Crippen molar-refractivity contribution in [2.24, 2.45) is 0 Å². The number of hydrogen-bond acceptors (Lipinski definition) is 5. The summed E-state index contributed by atoms with van der Waals surface area (Å²) in [5.74, 6) is -0.599. The van der Waals surface area contributed by atoms with Crippen molar-refractivity contribution in [3.63, 3.8) is 0 Å². The number of nitrogens with zero attached hydrogens (tertiary/aromatic N) is 1. The van der Waals surface area contributed by atoms with Gasteiger partial charge in [-0.1, -0.05) is 24.3 Å². The van der Waals surface area contributed by atoms with Crippen LogP contribution in [0.2, 0.25) is 0 Å². The monoisotopic (exact) mass is 333 g/mol. The van der Waals surface area contributed by atoms with E-state index >= 15 is 0 Å². The Morgan fingerprint density at radius 1 is 1.30 bits per heavy atom. The first-order chi connectivity index (χ1) is 10.9. The maximum atomic E-state index is 12.0. The Morgan fingerprint density at radius 3 is 2.70 bits per heavy atom. The lowest BCUT2D eigenvalue weighted by molar-refractivity contribution is 0.0956. The van der Waals surface area contributed by atoms with Crippen LogP contribution in [0.15, 0.2) is 57.6 Å². The van der Waals surface area contributed by atoms with Gasteiger partial charge >= 0.3 is 0 Å². The molecule has 0 atom stereocenters. The average molecular weight is 333 g/mol. The maximum Gasteiger partial charge on any atom is 0.277 e. The van der Waals surface area contributed by atoms with Gasteiger partial charge in [0.05, 0.1) is 10.6 Å². The van der Waals surface area contributed by atoms with E-state index in [9.17, 15) is 18.0 Å². The molecule has 23 heavy (non-hydrogen) atoms. The Balaban J connectivity index is 2.01. The van der Waals surface area contributed by atoms with Gasteiger partial charge in [-0.15, -0.1) is 0 Å². The largest absolute Gasteiger partial charge is 0.348 e. The molecule has 0 bridgehead atoms. The average Bonchev–Trinajstić information content (AvgIpc) is 2.54. The van der Waals surface area contributed by atoms with Gasteiger partial charge in [0.15, 0.2) is 9.84 Å². The maximum absolute atomic E-state index is 12.0. The number of benzene rings is 1. The Morgan fingerprint density at radius 2 is 2.00 bits per heavy atom. The van der Waals surface area contributed by atoms with Crippen LogP contribution in [-0.2, 0) is 9.84 Å². The van der Waals surface area contributed by atoms with E-state index in [1.165, 1.54) is 24.3 Å². The first-order valence-electron chi connectivity index (χ1n) is 6.71. The lowest BCUT2D eigenvalue weighted by atomic mass is 10.2. The Labute approximate surface area is 133 Å². The van der Waals surface area contributed by atoms with E-state index in [0.717, 1.165) is 5.41 Å². The van der Waals surface area contributed by atoms with Gasteiger partial charge in [0.2, 0.25) is 0 Å². The zero-order chi connectivity index (χ0) is 16.9. The van der Waals surface area contributed by atoms with Gasteiger partial charge in [-0.25, -0.2) is 13.5 Å². The predicted molar refractivity (Wildman–Crippen MR) is 84.7 cm³/mol. The van der Waals surface area contributed by atoms with Gasteiger partial charge in [0, 0.05) is 12.0 Å². The molecule has 1 aromatic heterocycles. The van der Waals surface area contributed by atoms with E-state index < -0.39 is 21.3 Å². The third-order valence-corrected chi connectivity index (χ3v) is 4.38. The molecule has 2 aromatic rings. The molecule has 2 N–H and O–H groups in total. The fraction of sp³-hybridized carbons (Fsp3) is 0.133. The molecule has 8 heteroatoms. The lowest BCUT2D eigenvalue weighted by Crippen LogP contribution is -2.30. The highest BCUT2D eigenvalue weighted by Gasteiger charge is 2.11. The third kappa shape index (κ3) is 4.36. The molecule has 0 aliphatic rings. The summed E-state index contributed by atoms with van der Waals surface area (Å²) in [6.07, 6.45) is 1.31. The number of aromatic nitrogens is 2. The third-order valence-electron chi connectivity index (χ3n) is 2.90. The Hall–Kier alpha value is -2.74. The van der Waals surface area contributed by atoms with Gasteiger partial charge in [0.25, 0.3) is 11.5 Å². The number of amides is 1. The zero-order valence-electron chi connectivity index (χ0n) is 12.3. The molecular formula is C15H15N3O4S. The van der Waals surface area contributed by atoms with Crippen LogP contribution in [0.1, 0.15) is 16.1 Å². The molecule has 2 rings (SSSR count). The number of rotatable bonds is 5. The summed E-state index contributed by atoms with van der Waals surface area (Å²) in [6.45, 7) is 1.62. The van der Waals surface area contributed by atoms with Crippen molar-refractivity contribution >= 4 is 15.7 Å². The number of sulfone groups is 1. The minimum absolute atomic E-state index is 0.0221. The van der Waals surface area contributed by atoms with Crippen LogP contribution in [0, 0.1) is 6.92 Å². The summed E-state index contributed by atoms with van der Waals surface area (Å²) in [7, 11) is -3.55. The van der Waals surface area contributed by atoms with Crippen molar-refractivity contribution in [1.29, 1.82) is 0 Å². The van der Waals surface area contributed by atoms with Crippen molar-refractivity contribution in [3.05, 3.63) is 69.5 Å². The first kappa shape index (κ1) is 16.6. The second-order valence-electron chi connectivity index (χ2n) is 4.69. The molecule has 0 spiro atoms. The SMILES string of the molecule is Cc1cc(C(=O)NC/C=C/S(=O)(=O)c2ccccc2)c(=O)[nH]n1. The molecule has 0 unspecified atom stereocenters. The topological polar surface area (TPSA) is 109 Å². The lowest BCUT2D eigenvalue weighted by Gasteiger charge is -2.02. The highest BCUT2D eigenvalue weighted by molar-refractivity contribution is 7.94. The van der Waals surface area contributed by atoms with Gasteiger partial charge in [-0.2, -0.15) is 5.10 Å². The molecule has 0 fully saturated rings. The summed E-state index contributed by atoms with van der Waals surface area (Å²) in [6, 6.07) is 9.30. The number of aryl methyl sites for hydroxylation is 1. The Bertz CT molecular complexity index is 886. The predicted octanol–water partition coefficient (Wildman–Crippen LogP) is 0.796. The molecule has 0 aliphatic heterocycles. The summed E-state index contributed by atoms with van der Waals surface area (Å²) in [5.41, 5.74) is -0.178. The van der Waals surface area contributed by atoms with E-state index in [4.69, 9.17) is 0 Å². The zero-order valence-corrected chi connectivity index (χ0v) is 13.1. The normalized spacial score (nSPS) is 11.5. The fourth-order valence-electron chi connectivity index (χ4n) is 1.78. The summed E-state index contributed by atoms with van der Waals surface area (Å²) >= 11 is 0. The Kier molecular flexibility index (Phi) is 5.07. The van der Waals surface area contributed by atoms with Gasteiger partial charge in [-0.3, -0.25) is 9.59 Å². The minimum Gasteiger partial charge on any atom is -0.348 e. The highest BCUT2D eigenvalue weighted by atomic mass is 32.2. The van der Waals surface area contributed by atoms with Crippen LogP contribution >= 0.6 is 0 Å². The van der Waals surface area contributed by atoms with Gasteiger partial charge in [-0.05, 0) is 25.1 Å². The second-order valence-corrected chi connectivity index (χ2v) is 6.53. The van der Waals surface area contributed by atoms with Gasteiger partial charge in [0.1, 0.15) is 5.56 Å². The summed E-state index contributed by atoms with van der Waals surface area (Å²) < 4.78 is 24.0. The number of H-pyrrole nitrogens is 1. The summed E-state index contributed by atoms with van der Waals surface area (Å²) in [4.78, 5) is 23.5. The number of carbonyl (C=O) groups excluding carboxylic acids is 1. The van der Waals surface area contributed by atoms with E-state index in [2.05, 4.69) is 15.5 Å². The van der Waals surface area contributed by atoms with Crippen molar-refractivity contribution in [1.82, 2.24) is 15.5 Å². The van der Waals surface area contributed by atoms with E-state index in [0.29, 0.717) is 5.69 Å². The van der Waals surface area contributed by atoms with Crippen molar-refractivity contribution in [3.8, 4) is 0 Å². The molecule has 1 heterocycles. The van der Waals surface area contributed by atoms with Crippen LogP contribution in [0.3, 0.4) is 0 Å². The molecule has 0 radical (unpaired) electrons. The van der Waals surface area contributed by atoms with Crippen LogP contribution in [0.5, 0.6) is 0 Å². The molecule has 1 amide bonds. The number of hydrogen-bond donors (Lipinski definition) is 2. The minimum atomic E-state index is -3.55. The smallest absolute Gasteiger partial charge is 0.277 e. The summed E-state index contributed by atoms with van der Waals surface area (Å²) in [5, 5.41) is 9.35. The number of nitrogens with one attached hydrogen (secondary N) is 2. The second kappa shape index (κ2) is 7.01. The van der Waals surface area contributed by atoms with E-state index in [1.54, 1.807) is 25.1 Å². The van der Waals surface area contributed by atoms with Crippen LogP contribution in [-0.4, -0.2) is 31.1 Å². The number of aromatic amines is 1.